The topological polar surface area (TPSA) is 46.3 Å². The van der Waals surface area contributed by atoms with Crippen molar-refractivity contribution in [3.05, 3.63) is 35.9 Å². The first-order valence-electron chi connectivity index (χ1n) is 7.50. The molecule has 0 radical (unpaired) electrons. The molecule has 122 valence electrons. The lowest BCUT2D eigenvalue weighted by atomic mass is 10.1. The predicted molar refractivity (Wildman–Crippen MR) is 78.1 cm³/mol. The van der Waals surface area contributed by atoms with Crippen LogP contribution in [0.3, 0.4) is 0 Å². The summed E-state index contributed by atoms with van der Waals surface area (Å²) in [5, 5.41) is 0. The quantitative estimate of drug-likeness (QED) is 0.841. The highest BCUT2D eigenvalue weighted by Crippen LogP contribution is 2.30. The third kappa shape index (κ3) is 5.67. The number of nitrogens with two attached hydrogens (primary N) is 1. The van der Waals surface area contributed by atoms with Crippen molar-refractivity contribution in [3.63, 3.8) is 0 Å². The summed E-state index contributed by atoms with van der Waals surface area (Å²) < 4.78 is 37.2. The molecule has 1 saturated carbocycles. The maximum Gasteiger partial charge on any atom is 0.390 e. The first kappa shape index (κ1) is 16.8. The summed E-state index contributed by atoms with van der Waals surface area (Å²) in [4.78, 5) is 13.7. The van der Waals surface area contributed by atoms with Gasteiger partial charge >= 0.3 is 6.18 Å². The number of nitrogens with zero attached hydrogens (tertiary/aromatic N) is 1. The fourth-order valence-electron chi connectivity index (χ4n) is 2.36. The molecule has 1 fully saturated rings. The van der Waals surface area contributed by atoms with Gasteiger partial charge in [-0.1, -0.05) is 30.3 Å². The van der Waals surface area contributed by atoms with Gasteiger partial charge in [-0.2, -0.15) is 13.2 Å². The molecule has 0 heterocycles. The van der Waals surface area contributed by atoms with E-state index in [2.05, 4.69) is 0 Å². The van der Waals surface area contributed by atoms with Crippen molar-refractivity contribution in [2.45, 2.75) is 37.9 Å². The van der Waals surface area contributed by atoms with Gasteiger partial charge in [0.05, 0.1) is 12.5 Å². The molecule has 2 N–H and O–H groups in total. The number of benzene rings is 1. The smallest absolute Gasteiger partial charge is 0.341 e. The Balaban J connectivity index is 1.94. The molecule has 22 heavy (non-hydrogen) atoms. The van der Waals surface area contributed by atoms with Crippen molar-refractivity contribution in [1.82, 2.24) is 4.90 Å². The molecule has 2 rings (SSSR count). The summed E-state index contributed by atoms with van der Waals surface area (Å²) in [6, 6.07) is 8.47. The van der Waals surface area contributed by atoms with Crippen molar-refractivity contribution in [2.24, 2.45) is 11.7 Å². The third-order valence-corrected chi connectivity index (χ3v) is 3.77. The summed E-state index contributed by atoms with van der Waals surface area (Å²) in [6.07, 6.45) is -2.95. The standard InChI is InChI=1S/C16H21F3N2O/c17-16(18,19)8-9-21(11-13-6-7-13)15(22)14(20)10-12-4-2-1-3-5-12/h1-5,13-14H,6-11,20H2/t14-/m0/s1. The minimum absolute atomic E-state index is 0.304. The summed E-state index contributed by atoms with van der Waals surface area (Å²) in [7, 11) is 0. The molecule has 1 aliphatic rings. The minimum Gasteiger partial charge on any atom is -0.341 e. The molecule has 6 heteroatoms. The lowest BCUT2D eigenvalue weighted by Crippen LogP contribution is -2.46. The zero-order valence-electron chi connectivity index (χ0n) is 12.4. The number of rotatable bonds is 7. The summed E-state index contributed by atoms with van der Waals surface area (Å²) in [5.74, 6) is -0.0545. The van der Waals surface area contributed by atoms with E-state index in [1.165, 1.54) is 4.90 Å². The van der Waals surface area contributed by atoms with Crippen LogP contribution in [0.4, 0.5) is 13.2 Å². The summed E-state index contributed by atoms with van der Waals surface area (Å²) >= 11 is 0. The van der Waals surface area contributed by atoms with E-state index in [1.54, 1.807) is 0 Å². The Bertz CT molecular complexity index is 486. The number of carbonyl (C=O) groups is 1. The second-order valence-corrected chi connectivity index (χ2v) is 5.89. The van der Waals surface area contributed by atoms with E-state index in [9.17, 15) is 18.0 Å². The zero-order valence-corrected chi connectivity index (χ0v) is 12.4. The SMILES string of the molecule is N[C@@H](Cc1ccccc1)C(=O)N(CCC(F)(F)F)CC1CC1. The molecule has 0 saturated heterocycles. The van der Waals surface area contributed by atoms with Crippen LogP contribution in [0.15, 0.2) is 30.3 Å². The van der Waals surface area contributed by atoms with E-state index in [4.69, 9.17) is 5.73 Å². The third-order valence-electron chi connectivity index (χ3n) is 3.77. The molecule has 1 aromatic rings. The maximum absolute atomic E-state index is 12.4. The van der Waals surface area contributed by atoms with Crippen LogP contribution in [-0.2, 0) is 11.2 Å². The van der Waals surface area contributed by atoms with Crippen molar-refractivity contribution in [1.29, 1.82) is 0 Å². The Hall–Kier alpha value is -1.56. The van der Waals surface area contributed by atoms with E-state index in [0.29, 0.717) is 18.9 Å². The van der Waals surface area contributed by atoms with Gasteiger partial charge in [0, 0.05) is 13.1 Å². The number of hydrogen-bond acceptors (Lipinski definition) is 2. The van der Waals surface area contributed by atoms with Gasteiger partial charge < -0.3 is 10.6 Å². The Morgan fingerprint density at radius 1 is 1.27 bits per heavy atom. The summed E-state index contributed by atoms with van der Waals surface area (Å²) in [6.45, 7) is 0.0821. The van der Waals surface area contributed by atoms with Crippen LogP contribution in [-0.4, -0.2) is 36.1 Å². The number of amides is 1. The molecule has 0 unspecified atom stereocenters. The molecule has 1 atom stereocenters. The second-order valence-electron chi connectivity index (χ2n) is 5.89. The fourth-order valence-corrected chi connectivity index (χ4v) is 2.36. The molecule has 0 aromatic heterocycles. The molecule has 1 amide bonds. The van der Waals surface area contributed by atoms with Crippen LogP contribution >= 0.6 is 0 Å². The first-order chi connectivity index (χ1) is 10.3. The normalized spacial score (nSPS) is 16.4. The zero-order chi connectivity index (χ0) is 16.2. The Morgan fingerprint density at radius 3 is 2.45 bits per heavy atom. The van der Waals surface area contributed by atoms with Crippen LogP contribution < -0.4 is 5.73 Å². The molecule has 0 spiro atoms. The second kappa shape index (κ2) is 7.13. The first-order valence-corrected chi connectivity index (χ1v) is 7.50. The molecule has 1 aliphatic carbocycles. The molecule has 0 bridgehead atoms. The fraction of sp³-hybridized carbons (Fsp3) is 0.562. The van der Waals surface area contributed by atoms with Crippen molar-refractivity contribution < 1.29 is 18.0 Å². The lowest BCUT2D eigenvalue weighted by Gasteiger charge is -2.26. The number of alkyl halides is 3. The molecule has 1 aromatic carbocycles. The highest BCUT2D eigenvalue weighted by Gasteiger charge is 2.33. The average molecular weight is 314 g/mol. The summed E-state index contributed by atoms with van der Waals surface area (Å²) in [5.41, 5.74) is 6.82. The van der Waals surface area contributed by atoms with Gasteiger partial charge in [0.1, 0.15) is 0 Å². The van der Waals surface area contributed by atoms with E-state index >= 15 is 0 Å². The number of hydrogen-bond donors (Lipinski definition) is 1. The maximum atomic E-state index is 12.4. The average Bonchev–Trinajstić information content (AvgIpc) is 3.26. The number of carbonyl (C=O) groups excluding carboxylic acids is 1. The molecular formula is C16H21F3N2O. The van der Waals surface area contributed by atoms with Crippen molar-refractivity contribution >= 4 is 5.91 Å². The minimum atomic E-state index is -4.26. The van der Waals surface area contributed by atoms with Gasteiger partial charge in [0.25, 0.3) is 0 Å². The van der Waals surface area contributed by atoms with Gasteiger partial charge in [-0.3, -0.25) is 4.79 Å². The van der Waals surface area contributed by atoms with Crippen molar-refractivity contribution in [2.75, 3.05) is 13.1 Å². The number of halogens is 3. The Kier molecular flexibility index (Phi) is 5.45. The van der Waals surface area contributed by atoms with E-state index in [-0.39, 0.29) is 12.5 Å². The molecule has 0 aliphatic heterocycles. The molecular weight excluding hydrogens is 293 g/mol. The van der Waals surface area contributed by atoms with Gasteiger partial charge in [-0.05, 0) is 30.7 Å². The van der Waals surface area contributed by atoms with Crippen molar-refractivity contribution in [3.8, 4) is 0 Å². The van der Waals surface area contributed by atoms with E-state index in [1.807, 2.05) is 30.3 Å². The molecule has 3 nitrogen and oxygen atoms in total. The van der Waals surface area contributed by atoms with Gasteiger partial charge in [-0.15, -0.1) is 0 Å². The van der Waals surface area contributed by atoms with Crippen LogP contribution in [0.1, 0.15) is 24.8 Å². The predicted octanol–water partition coefficient (Wildman–Crippen LogP) is 2.75. The van der Waals surface area contributed by atoms with E-state index in [0.717, 1.165) is 18.4 Å². The van der Waals surface area contributed by atoms with Gasteiger partial charge in [0.15, 0.2) is 0 Å². The van der Waals surface area contributed by atoms with Gasteiger partial charge in [-0.25, -0.2) is 0 Å². The Morgan fingerprint density at radius 2 is 1.91 bits per heavy atom. The van der Waals surface area contributed by atoms with E-state index < -0.39 is 18.6 Å². The Labute approximate surface area is 128 Å². The van der Waals surface area contributed by atoms with Crippen LogP contribution in [0, 0.1) is 5.92 Å². The lowest BCUT2D eigenvalue weighted by molar-refractivity contribution is -0.146. The van der Waals surface area contributed by atoms with Crippen LogP contribution in [0.25, 0.3) is 0 Å². The van der Waals surface area contributed by atoms with Gasteiger partial charge in [0.2, 0.25) is 5.91 Å². The monoisotopic (exact) mass is 314 g/mol. The highest BCUT2D eigenvalue weighted by molar-refractivity contribution is 5.82. The van der Waals surface area contributed by atoms with Crippen LogP contribution in [0.5, 0.6) is 0 Å². The van der Waals surface area contributed by atoms with Crippen LogP contribution in [0.2, 0.25) is 0 Å². The largest absolute Gasteiger partial charge is 0.390 e. The highest BCUT2D eigenvalue weighted by atomic mass is 19.4.